The van der Waals surface area contributed by atoms with E-state index in [9.17, 15) is 0 Å². The van der Waals surface area contributed by atoms with E-state index in [4.69, 9.17) is 4.74 Å². The Hall–Kier alpha value is -0.120. The summed E-state index contributed by atoms with van der Waals surface area (Å²) in [7, 11) is 0. The molecule has 0 bridgehead atoms. The zero-order valence-electron chi connectivity index (χ0n) is 10.9. The molecule has 2 aliphatic rings. The molecule has 2 aliphatic heterocycles. The second kappa shape index (κ2) is 5.48. The number of likely N-dealkylation sites (tertiary alicyclic amines) is 1. The molecule has 1 spiro atoms. The van der Waals surface area contributed by atoms with Crippen LogP contribution in [-0.2, 0) is 4.74 Å². The van der Waals surface area contributed by atoms with Crippen molar-refractivity contribution in [1.29, 1.82) is 0 Å². The van der Waals surface area contributed by atoms with Crippen molar-refractivity contribution in [3.8, 4) is 0 Å². The lowest BCUT2D eigenvalue weighted by atomic mass is 9.78. The quantitative estimate of drug-likeness (QED) is 0.708. The van der Waals surface area contributed by atoms with Gasteiger partial charge in [0, 0.05) is 38.4 Å². The molecule has 16 heavy (non-hydrogen) atoms. The molecule has 0 aliphatic carbocycles. The predicted molar refractivity (Wildman–Crippen MR) is 66.8 cm³/mol. The van der Waals surface area contributed by atoms with Crippen molar-refractivity contribution in [3.05, 3.63) is 0 Å². The molecule has 2 saturated heterocycles. The van der Waals surface area contributed by atoms with Crippen molar-refractivity contribution >= 4 is 0 Å². The van der Waals surface area contributed by atoms with E-state index in [0.29, 0.717) is 5.54 Å². The van der Waals surface area contributed by atoms with Crippen LogP contribution in [0.5, 0.6) is 0 Å². The van der Waals surface area contributed by atoms with Gasteiger partial charge in [-0.3, -0.25) is 4.90 Å². The zero-order chi connectivity index (χ0) is 11.4. The highest BCUT2D eigenvalue weighted by atomic mass is 16.5. The largest absolute Gasteiger partial charge is 0.381 e. The minimum atomic E-state index is 0.533. The third kappa shape index (κ3) is 2.41. The van der Waals surface area contributed by atoms with Gasteiger partial charge in [-0.05, 0) is 32.4 Å². The van der Waals surface area contributed by atoms with Gasteiger partial charge in [0.2, 0.25) is 0 Å². The third-order valence-corrected chi connectivity index (χ3v) is 4.52. The monoisotopic (exact) mass is 226 g/mol. The second-order valence-electron chi connectivity index (χ2n) is 5.10. The third-order valence-electron chi connectivity index (χ3n) is 4.52. The predicted octanol–water partition coefficient (Wildman–Crippen LogP) is 1.58. The highest BCUT2D eigenvalue weighted by molar-refractivity contribution is 5.00. The SMILES string of the molecule is CCN(CC)CCN1CCC12CCOCC2. The van der Waals surface area contributed by atoms with Crippen LogP contribution in [0, 0.1) is 0 Å². The molecule has 2 heterocycles. The molecule has 0 aromatic heterocycles. The van der Waals surface area contributed by atoms with E-state index >= 15 is 0 Å². The van der Waals surface area contributed by atoms with Gasteiger partial charge in [-0.25, -0.2) is 0 Å². The van der Waals surface area contributed by atoms with Crippen molar-refractivity contribution in [2.45, 2.75) is 38.6 Å². The molecule has 94 valence electrons. The molecule has 0 N–H and O–H groups in total. The van der Waals surface area contributed by atoms with Crippen LogP contribution < -0.4 is 0 Å². The van der Waals surface area contributed by atoms with Crippen LogP contribution in [-0.4, -0.2) is 61.3 Å². The Bertz CT molecular complexity index is 210. The van der Waals surface area contributed by atoms with Gasteiger partial charge in [0.15, 0.2) is 0 Å². The number of hydrogen-bond donors (Lipinski definition) is 0. The van der Waals surface area contributed by atoms with E-state index < -0.39 is 0 Å². The summed E-state index contributed by atoms with van der Waals surface area (Å²) >= 11 is 0. The second-order valence-corrected chi connectivity index (χ2v) is 5.10. The van der Waals surface area contributed by atoms with Crippen LogP contribution in [0.1, 0.15) is 33.1 Å². The Labute approximate surface area is 99.7 Å². The lowest BCUT2D eigenvalue weighted by Gasteiger charge is -2.55. The minimum absolute atomic E-state index is 0.533. The Balaban J connectivity index is 1.77. The Morgan fingerprint density at radius 3 is 2.31 bits per heavy atom. The summed E-state index contributed by atoms with van der Waals surface area (Å²) in [5.41, 5.74) is 0.533. The molecule has 0 amide bonds. The number of likely N-dealkylation sites (N-methyl/N-ethyl adjacent to an activating group) is 1. The first-order valence-electron chi connectivity index (χ1n) is 6.86. The van der Waals surface area contributed by atoms with E-state index in [0.717, 1.165) is 13.2 Å². The molecule has 2 fully saturated rings. The smallest absolute Gasteiger partial charge is 0.0483 e. The fourth-order valence-electron chi connectivity index (χ4n) is 3.05. The van der Waals surface area contributed by atoms with Crippen LogP contribution >= 0.6 is 0 Å². The van der Waals surface area contributed by atoms with Crippen LogP contribution in [0.4, 0.5) is 0 Å². The summed E-state index contributed by atoms with van der Waals surface area (Å²) in [5.74, 6) is 0. The summed E-state index contributed by atoms with van der Waals surface area (Å²) in [6, 6.07) is 0. The van der Waals surface area contributed by atoms with E-state index in [1.807, 2.05) is 0 Å². The van der Waals surface area contributed by atoms with Gasteiger partial charge in [-0.15, -0.1) is 0 Å². The lowest BCUT2D eigenvalue weighted by Crippen LogP contribution is -2.63. The summed E-state index contributed by atoms with van der Waals surface area (Å²) in [4.78, 5) is 5.22. The van der Waals surface area contributed by atoms with Gasteiger partial charge >= 0.3 is 0 Å². The van der Waals surface area contributed by atoms with E-state index in [2.05, 4.69) is 23.6 Å². The van der Waals surface area contributed by atoms with Crippen molar-refractivity contribution < 1.29 is 4.74 Å². The van der Waals surface area contributed by atoms with Gasteiger partial charge < -0.3 is 9.64 Å². The van der Waals surface area contributed by atoms with Crippen LogP contribution in [0.3, 0.4) is 0 Å². The zero-order valence-corrected chi connectivity index (χ0v) is 10.9. The maximum atomic E-state index is 5.48. The molecule has 0 unspecified atom stereocenters. The van der Waals surface area contributed by atoms with E-state index in [1.54, 1.807) is 0 Å². The standard InChI is InChI=1S/C13H26N2O/c1-3-14(4-2)9-10-15-8-5-13(15)6-11-16-12-7-13/h3-12H2,1-2H3. The first kappa shape index (κ1) is 12.3. The molecule has 3 heteroatoms. The summed E-state index contributed by atoms with van der Waals surface area (Å²) < 4.78 is 5.48. The van der Waals surface area contributed by atoms with Gasteiger partial charge in [-0.2, -0.15) is 0 Å². The first-order chi connectivity index (χ1) is 7.80. The average Bonchev–Trinajstić information content (AvgIpc) is 2.34. The molecular formula is C13H26N2O. The molecular weight excluding hydrogens is 200 g/mol. The van der Waals surface area contributed by atoms with Gasteiger partial charge in [-0.1, -0.05) is 13.8 Å². The van der Waals surface area contributed by atoms with Crippen molar-refractivity contribution in [1.82, 2.24) is 9.80 Å². The lowest BCUT2D eigenvalue weighted by molar-refractivity contribution is -0.0915. The van der Waals surface area contributed by atoms with Crippen molar-refractivity contribution in [2.75, 3.05) is 45.9 Å². The van der Waals surface area contributed by atoms with E-state index in [1.165, 1.54) is 52.0 Å². The normalized spacial score (nSPS) is 24.9. The molecule has 0 aromatic rings. The number of ether oxygens (including phenoxy) is 1. The fourth-order valence-corrected chi connectivity index (χ4v) is 3.05. The summed E-state index contributed by atoms with van der Waals surface area (Å²) in [5, 5.41) is 0. The van der Waals surface area contributed by atoms with Gasteiger partial charge in [0.1, 0.15) is 0 Å². The van der Waals surface area contributed by atoms with Crippen molar-refractivity contribution in [3.63, 3.8) is 0 Å². The summed E-state index contributed by atoms with van der Waals surface area (Å²) in [6.07, 6.45) is 3.91. The van der Waals surface area contributed by atoms with Crippen LogP contribution in [0.2, 0.25) is 0 Å². The highest BCUT2D eigenvalue weighted by Gasteiger charge is 2.44. The maximum absolute atomic E-state index is 5.48. The van der Waals surface area contributed by atoms with Crippen LogP contribution in [0.15, 0.2) is 0 Å². The Morgan fingerprint density at radius 1 is 1.12 bits per heavy atom. The molecule has 0 atom stereocenters. The molecule has 2 rings (SSSR count). The van der Waals surface area contributed by atoms with Gasteiger partial charge in [0.05, 0.1) is 0 Å². The summed E-state index contributed by atoms with van der Waals surface area (Å²) in [6.45, 7) is 12.6. The molecule has 0 saturated carbocycles. The van der Waals surface area contributed by atoms with Gasteiger partial charge in [0.25, 0.3) is 0 Å². The Kier molecular flexibility index (Phi) is 4.22. The maximum Gasteiger partial charge on any atom is 0.0483 e. The molecule has 3 nitrogen and oxygen atoms in total. The minimum Gasteiger partial charge on any atom is -0.381 e. The number of rotatable bonds is 5. The van der Waals surface area contributed by atoms with Crippen LogP contribution in [0.25, 0.3) is 0 Å². The highest BCUT2D eigenvalue weighted by Crippen LogP contribution is 2.38. The molecule has 0 radical (unpaired) electrons. The topological polar surface area (TPSA) is 15.7 Å². The average molecular weight is 226 g/mol. The first-order valence-corrected chi connectivity index (χ1v) is 6.86. The Morgan fingerprint density at radius 2 is 1.81 bits per heavy atom. The fraction of sp³-hybridized carbons (Fsp3) is 1.00. The van der Waals surface area contributed by atoms with E-state index in [-0.39, 0.29) is 0 Å². The molecule has 0 aromatic carbocycles. The van der Waals surface area contributed by atoms with Crippen molar-refractivity contribution in [2.24, 2.45) is 0 Å². The number of nitrogens with zero attached hydrogens (tertiary/aromatic N) is 2. The number of hydrogen-bond acceptors (Lipinski definition) is 3.